The molecule has 2 aromatic carbocycles. The van der Waals surface area contributed by atoms with Crippen LogP contribution in [0.25, 0.3) is 0 Å². The van der Waals surface area contributed by atoms with Crippen molar-refractivity contribution in [2.24, 2.45) is 0 Å². The molecule has 33 heavy (non-hydrogen) atoms. The van der Waals surface area contributed by atoms with Gasteiger partial charge >= 0.3 is 12.1 Å². The van der Waals surface area contributed by atoms with E-state index in [1.165, 1.54) is 0 Å². The van der Waals surface area contributed by atoms with Gasteiger partial charge in [-0.2, -0.15) is 0 Å². The Kier molecular flexibility index (Phi) is 9.69. The van der Waals surface area contributed by atoms with Crippen molar-refractivity contribution in [2.45, 2.75) is 45.3 Å². The summed E-state index contributed by atoms with van der Waals surface area (Å²) in [6.45, 7) is 6.15. The molecule has 8 nitrogen and oxygen atoms in total. The van der Waals surface area contributed by atoms with Crippen LogP contribution in [0.2, 0.25) is 0 Å². The molecule has 0 saturated carbocycles. The minimum atomic E-state index is -1.12. The van der Waals surface area contributed by atoms with E-state index in [9.17, 15) is 24.9 Å². The fourth-order valence-corrected chi connectivity index (χ4v) is 3.86. The molecule has 0 saturated heterocycles. The number of carbonyl (C=O) groups excluding carboxylic acids is 1. The smallest absolute Gasteiger partial charge is 0.407 e. The molecular weight excluding hydrogens is 424 g/mol. The number of ether oxygens (including phenoxy) is 1. The van der Waals surface area contributed by atoms with Gasteiger partial charge in [-0.1, -0.05) is 43.3 Å². The Balaban J connectivity index is 2.27. The zero-order chi connectivity index (χ0) is 24.4. The Morgan fingerprint density at radius 3 is 2.30 bits per heavy atom. The van der Waals surface area contributed by atoms with Crippen LogP contribution < -0.4 is 10.2 Å². The third kappa shape index (κ3) is 7.47. The third-order valence-electron chi connectivity index (χ3n) is 5.91. The second-order valence-corrected chi connectivity index (χ2v) is 8.37. The maximum Gasteiger partial charge on any atom is 0.407 e. The molecule has 8 heteroatoms. The molecule has 0 heterocycles. The lowest BCUT2D eigenvalue weighted by Crippen LogP contribution is -2.51. The molecule has 2 aromatic rings. The Bertz CT molecular complexity index is 914. The summed E-state index contributed by atoms with van der Waals surface area (Å²) in [5, 5.41) is 31.1. The minimum absolute atomic E-state index is 0.0652. The van der Waals surface area contributed by atoms with Crippen molar-refractivity contribution >= 4 is 17.7 Å². The van der Waals surface area contributed by atoms with E-state index >= 15 is 0 Å². The van der Waals surface area contributed by atoms with Gasteiger partial charge in [0.2, 0.25) is 0 Å². The van der Waals surface area contributed by atoms with E-state index in [1.54, 1.807) is 6.92 Å². The van der Waals surface area contributed by atoms with Crippen LogP contribution in [0.5, 0.6) is 0 Å². The zero-order valence-corrected chi connectivity index (χ0v) is 19.5. The van der Waals surface area contributed by atoms with Crippen LogP contribution in [0, 0.1) is 6.92 Å². The molecule has 0 aliphatic rings. The van der Waals surface area contributed by atoms with Gasteiger partial charge in [-0.15, -0.1) is 0 Å². The van der Waals surface area contributed by atoms with E-state index in [-0.39, 0.29) is 32.2 Å². The number of nitrogens with one attached hydrogen (secondary N) is 1. The lowest BCUT2D eigenvalue weighted by atomic mass is 9.78. The molecule has 2 rings (SSSR count). The summed E-state index contributed by atoms with van der Waals surface area (Å²) in [6.07, 6.45) is -0.986. The Morgan fingerprint density at radius 2 is 1.73 bits per heavy atom. The van der Waals surface area contributed by atoms with Gasteiger partial charge in [-0.25, -0.2) is 4.79 Å². The van der Waals surface area contributed by atoms with E-state index in [0.717, 1.165) is 22.4 Å². The maximum atomic E-state index is 12.6. The fraction of sp³-hybridized carbons (Fsp3) is 0.440. The van der Waals surface area contributed by atoms with E-state index in [4.69, 9.17) is 4.74 Å². The summed E-state index contributed by atoms with van der Waals surface area (Å²) >= 11 is 0. The first-order chi connectivity index (χ1) is 15.7. The van der Waals surface area contributed by atoms with Crippen molar-refractivity contribution in [1.82, 2.24) is 5.32 Å². The van der Waals surface area contributed by atoms with Crippen LogP contribution in [-0.4, -0.2) is 59.2 Å². The highest BCUT2D eigenvalue weighted by atomic mass is 16.5. The Morgan fingerprint density at radius 1 is 1.09 bits per heavy atom. The van der Waals surface area contributed by atoms with Gasteiger partial charge in [0.25, 0.3) is 0 Å². The number of hydrogen-bond donors (Lipinski definition) is 4. The van der Waals surface area contributed by atoms with Crippen molar-refractivity contribution in [2.75, 3.05) is 31.2 Å². The van der Waals surface area contributed by atoms with Crippen molar-refractivity contribution in [3.63, 3.8) is 0 Å². The third-order valence-corrected chi connectivity index (χ3v) is 5.91. The largest absolute Gasteiger partial charge is 0.481 e. The summed E-state index contributed by atoms with van der Waals surface area (Å²) in [7, 11) is 0. The first-order valence-corrected chi connectivity index (χ1v) is 11.0. The van der Waals surface area contributed by atoms with E-state index in [1.807, 2.05) is 67.3 Å². The molecule has 0 radical (unpaired) electrons. The number of nitrogens with zero attached hydrogens (tertiary/aromatic N) is 1. The molecule has 0 spiro atoms. The van der Waals surface area contributed by atoms with Gasteiger partial charge in [0.15, 0.2) is 0 Å². The SMILES string of the molecule is Cc1ccc(N(CCO)CCO)cc1C(C)[C@](C)(CC(=O)O)NC(=O)OCc1ccccc1. The molecule has 1 amide bonds. The quantitative estimate of drug-likeness (QED) is 0.386. The van der Waals surface area contributed by atoms with Crippen molar-refractivity contribution in [1.29, 1.82) is 0 Å². The number of benzene rings is 2. The fourth-order valence-electron chi connectivity index (χ4n) is 3.86. The first kappa shape index (κ1) is 26.2. The topological polar surface area (TPSA) is 119 Å². The number of carboxylic acid groups (broad SMARTS) is 1. The summed E-state index contributed by atoms with van der Waals surface area (Å²) < 4.78 is 5.34. The molecule has 180 valence electrons. The lowest BCUT2D eigenvalue weighted by molar-refractivity contribution is -0.138. The van der Waals surface area contributed by atoms with Crippen molar-refractivity contribution < 1.29 is 29.6 Å². The number of carbonyl (C=O) groups is 2. The number of carboxylic acids is 1. The zero-order valence-electron chi connectivity index (χ0n) is 19.5. The van der Waals surface area contributed by atoms with Gasteiger partial charge in [0.1, 0.15) is 6.61 Å². The summed E-state index contributed by atoms with van der Waals surface area (Å²) in [4.78, 5) is 26.1. The number of anilines is 1. The average Bonchev–Trinajstić information content (AvgIpc) is 2.77. The summed E-state index contributed by atoms with van der Waals surface area (Å²) in [5.41, 5.74) is 2.31. The van der Waals surface area contributed by atoms with Gasteiger partial charge in [-0.3, -0.25) is 4.79 Å². The normalized spacial score (nSPS) is 13.6. The van der Waals surface area contributed by atoms with Crippen LogP contribution >= 0.6 is 0 Å². The molecule has 0 aromatic heterocycles. The molecule has 0 aliphatic heterocycles. The molecular formula is C25H34N2O6. The molecule has 0 aliphatic carbocycles. The number of aliphatic hydroxyl groups excluding tert-OH is 2. The monoisotopic (exact) mass is 458 g/mol. The number of alkyl carbamates (subject to hydrolysis) is 1. The number of aliphatic hydroxyl groups is 2. The molecule has 4 N–H and O–H groups in total. The molecule has 0 bridgehead atoms. The predicted octanol–water partition coefficient (Wildman–Crippen LogP) is 3.05. The van der Waals surface area contributed by atoms with Gasteiger partial charge in [-0.05, 0) is 42.7 Å². The minimum Gasteiger partial charge on any atom is -0.481 e. The summed E-state index contributed by atoms with van der Waals surface area (Å²) in [6, 6.07) is 15.0. The first-order valence-electron chi connectivity index (χ1n) is 11.0. The Labute approximate surface area is 194 Å². The highest BCUT2D eigenvalue weighted by molar-refractivity contribution is 5.73. The van der Waals surface area contributed by atoms with E-state index in [2.05, 4.69) is 5.32 Å². The number of rotatable bonds is 12. The molecule has 0 fully saturated rings. The number of amides is 1. The van der Waals surface area contributed by atoms with Crippen LogP contribution in [-0.2, 0) is 16.1 Å². The highest BCUT2D eigenvalue weighted by Crippen LogP contribution is 2.35. The van der Waals surface area contributed by atoms with Gasteiger partial charge in [0.05, 0.1) is 25.2 Å². The highest BCUT2D eigenvalue weighted by Gasteiger charge is 2.37. The summed E-state index contributed by atoms with van der Waals surface area (Å²) in [5.74, 6) is -1.41. The predicted molar refractivity (Wildman–Crippen MR) is 126 cm³/mol. The van der Waals surface area contributed by atoms with Crippen LogP contribution in [0.1, 0.15) is 42.9 Å². The second-order valence-electron chi connectivity index (χ2n) is 8.37. The number of aryl methyl sites for hydroxylation is 1. The van der Waals surface area contributed by atoms with Crippen molar-refractivity contribution in [3.05, 3.63) is 65.2 Å². The Hall–Kier alpha value is -3.10. The average molecular weight is 459 g/mol. The van der Waals surface area contributed by atoms with Gasteiger partial charge < -0.3 is 30.3 Å². The van der Waals surface area contributed by atoms with Crippen molar-refractivity contribution in [3.8, 4) is 0 Å². The van der Waals surface area contributed by atoms with Crippen LogP contribution in [0.4, 0.5) is 10.5 Å². The standard InChI is InChI=1S/C25H34N2O6/c1-18-9-10-21(27(11-13-28)12-14-29)15-22(18)19(2)25(3,16-23(30)31)26-24(32)33-17-20-7-5-4-6-8-20/h4-10,15,19,28-29H,11-14,16-17H2,1-3H3,(H,26,32)(H,30,31)/t19?,25-/m0/s1. The number of hydrogen-bond acceptors (Lipinski definition) is 6. The van der Waals surface area contributed by atoms with E-state index in [0.29, 0.717) is 13.1 Å². The van der Waals surface area contributed by atoms with Crippen LogP contribution in [0.15, 0.2) is 48.5 Å². The lowest BCUT2D eigenvalue weighted by Gasteiger charge is -2.36. The van der Waals surface area contributed by atoms with Crippen LogP contribution in [0.3, 0.4) is 0 Å². The molecule has 1 unspecified atom stereocenters. The maximum absolute atomic E-state index is 12.6. The van der Waals surface area contributed by atoms with E-state index < -0.39 is 17.6 Å². The number of aliphatic carboxylic acids is 1. The molecule has 2 atom stereocenters. The van der Waals surface area contributed by atoms with Gasteiger partial charge in [0, 0.05) is 24.7 Å². The second kappa shape index (κ2) is 12.2.